The van der Waals surface area contributed by atoms with Gasteiger partial charge in [-0.1, -0.05) is 6.07 Å². The Morgan fingerprint density at radius 1 is 0.889 bits per heavy atom. The Morgan fingerprint density at radius 2 is 1.64 bits per heavy atom. The van der Waals surface area contributed by atoms with E-state index in [-0.39, 0.29) is 5.91 Å². The monoisotopic (exact) mass is 483 g/mol. The smallest absolute Gasteiger partial charge is 0.257 e. The summed E-state index contributed by atoms with van der Waals surface area (Å²) in [5.74, 6) is 1.64. The first-order valence-electron chi connectivity index (χ1n) is 11.3. The maximum Gasteiger partial charge on any atom is 0.257 e. The third kappa shape index (κ3) is 4.13. The maximum absolute atomic E-state index is 13.1. The molecule has 0 fully saturated rings. The van der Waals surface area contributed by atoms with Crippen molar-refractivity contribution in [1.29, 1.82) is 0 Å². The molecule has 0 unspecified atom stereocenters. The highest BCUT2D eigenvalue weighted by Crippen LogP contribution is 2.27. The van der Waals surface area contributed by atoms with Crippen molar-refractivity contribution in [3.8, 4) is 23.0 Å². The summed E-state index contributed by atoms with van der Waals surface area (Å²) in [6.45, 7) is 5.97. The van der Waals surface area contributed by atoms with Crippen molar-refractivity contribution in [3.05, 3.63) is 77.4 Å². The minimum absolute atomic E-state index is 0.343. The summed E-state index contributed by atoms with van der Waals surface area (Å²) in [7, 11) is 3.07. The number of carbonyl (C=O) groups is 1. The number of fused-ring (bicyclic) bond motifs is 1. The molecule has 36 heavy (non-hydrogen) atoms. The van der Waals surface area contributed by atoms with Crippen molar-refractivity contribution >= 4 is 22.8 Å². The van der Waals surface area contributed by atoms with E-state index in [0.29, 0.717) is 45.4 Å². The highest BCUT2D eigenvalue weighted by Gasteiger charge is 2.19. The molecule has 0 saturated carbocycles. The van der Waals surface area contributed by atoms with E-state index in [1.165, 1.54) is 26.1 Å². The van der Waals surface area contributed by atoms with Crippen LogP contribution in [0.1, 0.15) is 27.2 Å². The molecule has 0 spiro atoms. The van der Waals surface area contributed by atoms with Crippen molar-refractivity contribution < 1.29 is 14.3 Å². The molecule has 3 heterocycles. The van der Waals surface area contributed by atoms with Gasteiger partial charge in [-0.3, -0.25) is 4.79 Å². The molecule has 5 rings (SSSR count). The van der Waals surface area contributed by atoms with Crippen LogP contribution in [0.25, 0.3) is 22.5 Å². The van der Waals surface area contributed by atoms with Crippen LogP contribution in [0, 0.1) is 20.8 Å². The van der Waals surface area contributed by atoms with Crippen molar-refractivity contribution in [1.82, 2.24) is 29.5 Å². The van der Waals surface area contributed by atoms with E-state index in [1.807, 2.05) is 13.0 Å². The van der Waals surface area contributed by atoms with Crippen LogP contribution in [0.15, 0.2) is 55.0 Å². The number of nitrogens with one attached hydrogen (secondary N) is 1. The topological polar surface area (TPSA) is 109 Å². The van der Waals surface area contributed by atoms with Gasteiger partial charge in [0.2, 0.25) is 0 Å². The second-order valence-electron chi connectivity index (χ2n) is 8.40. The van der Waals surface area contributed by atoms with Gasteiger partial charge in [0, 0.05) is 17.7 Å². The number of nitrogens with zero attached hydrogens (tertiary/aromatic N) is 6. The number of benzene rings is 2. The number of amides is 1. The first-order valence-corrected chi connectivity index (χ1v) is 11.3. The number of hydrogen-bond donors (Lipinski definition) is 1. The van der Waals surface area contributed by atoms with Crippen LogP contribution in [0.4, 0.5) is 5.82 Å². The van der Waals surface area contributed by atoms with Crippen LogP contribution in [0.5, 0.6) is 11.5 Å². The average Bonchev–Trinajstić information content (AvgIpc) is 3.48. The molecule has 5 aromatic rings. The van der Waals surface area contributed by atoms with Gasteiger partial charge in [0.15, 0.2) is 11.5 Å². The number of ether oxygens (including phenoxy) is 2. The molecule has 0 saturated heterocycles. The van der Waals surface area contributed by atoms with Gasteiger partial charge in [0.25, 0.3) is 5.91 Å². The number of carbonyl (C=O) groups excluding carboxylic acids is 1. The lowest BCUT2D eigenvalue weighted by Gasteiger charge is -2.11. The van der Waals surface area contributed by atoms with Crippen molar-refractivity contribution in [2.75, 3.05) is 19.5 Å². The molecule has 0 aliphatic carbocycles. The number of methoxy groups -OCH3 is 2. The van der Waals surface area contributed by atoms with Crippen LogP contribution in [-0.2, 0) is 0 Å². The van der Waals surface area contributed by atoms with E-state index in [1.54, 1.807) is 39.8 Å². The van der Waals surface area contributed by atoms with Crippen molar-refractivity contribution in [3.63, 3.8) is 0 Å². The summed E-state index contributed by atoms with van der Waals surface area (Å²) >= 11 is 0. The van der Waals surface area contributed by atoms with Gasteiger partial charge in [-0.2, -0.15) is 14.9 Å². The number of hydrogen-bond acceptors (Lipinski definition) is 7. The summed E-state index contributed by atoms with van der Waals surface area (Å²) in [6.07, 6.45) is 3.17. The fourth-order valence-corrected chi connectivity index (χ4v) is 3.92. The zero-order valence-corrected chi connectivity index (χ0v) is 20.6. The predicted molar refractivity (Wildman–Crippen MR) is 135 cm³/mol. The lowest BCUT2D eigenvalue weighted by Crippen LogP contribution is -2.16. The van der Waals surface area contributed by atoms with E-state index in [4.69, 9.17) is 9.47 Å². The molecular formula is C26H25N7O3. The fourth-order valence-electron chi connectivity index (χ4n) is 3.92. The standard InChI is InChI=1S/C26H25N7O3/c1-15-6-7-19(8-16(15)2)32-24-22(13-29-32)25(28-14-27-24)33-23(9-17(3)31-33)30-26(34)18-10-20(35-4)12-21(11-18)36-5/h6-14H,1-5H3,(H,30,34). The van der Waals surface area contributed by atoms with E-state index in [2.05, 4.69) is 51.5 Å². The van der Waals surface area contributed by atoms with E-state index >= 15 is 0 Å². The largest absolute Gasteiger partial charge is 0.497 e. The van der Waals surface area contributed by atoms with Crippen LogP contribution in [-0.4, -0.2) is 49.7 Å². The van der Waals surface area contributed by atoms with Gasteiger partial charge in [0.1, 0.15) is 23.6 Å². The maximum atomic E-state index is 13.1. The minimum Gasteiger partial charge on any atom is -0.497 e. The van der Waals surface area contributed by atoms with Gasteiger partial charge in [-0.05, 0) is 56.2 Å². The highest BCUT2D eigenvalue weighted by atomic mass is 16.5. The van der Waals surface area contributed by atoms with Gasteiger partial charge in [-0.15, -0.1) is 0 Å². The SMILES string of the molecule is COc1cc(OC)cc(C(=O)Nc2cc(C)nn2-c2ncnc3c2cnn3-c2ccc(C)c(C)c2)c1. The van der Waals surface area contributed by atoms with Crippen LogP contribution < -0.4 is 14.8 Å². The van der Waals surface area contributed by atoms with Crippen LogP contribution >= 0.6 is 0 Å². The van der Waals surface area contributed by atoms with Gasteiger partial charge in [-0.25, -0.2) is 14.6 Å². The first-order chi connectivity index (χ1) is 17.4. The second kappa shape index (κ2) is 9.14. The molecule has 0 bridgehead atoms. The molecule has 2 aromatic carbocycles. The minimum atomic E-state index is -0.343. The van der Waals surface area contributed by atoms with E-state index in [0.717, 1.165) is 11.3 Å². The molecule has 0 aliphatic rings. The Balaban J connectivity index is 1.55. The lowest BCUT2D eigenvalue weighted by atomic mass is 10.1. The molecule has 182 valence electrons. The second-order valence-corrected chi connectivity index (χ2v) is 8.40. The molecule has 1 amide bonds. The van der Waals surface area contributed by atoms with Gasteiger partial charge in [0.05, 0.1) is 37.2 Å². The summed E-state index contributed by atoms with van der Waals surface area (Å²) in [5.41, 5.74) is 4.98. The van der Waals surface area contributed by atoms with Crippen LogP contribution in [0.3, 0.4) is 0 Å². The first kappa shape index (κ1) is 23.0. The molecule has 10 nitrogen and oxygen atoms in total. The predicted octanol–water partition coefficient (Wildman–Crippen LogP) is 4.20. The zero-order chi connectivity index (χ0) is 25.4. The molecule has 0 radical (unpaired) electrons. The molecule has 10 heteroatoms. The Morgan fingerprint density at radius 3 is 2.33 bits per heavy atom. The number of anilines is 1. The van der Waals surface area contributed by atoms with Gasteiger partial charge < -0.3 is 14.8 Å². The summed E-state index contributed by atoms with van der Waals surface area (Å²) in [6, 6.07) is 12.9. The summed E-state index contributed by atoms with van der Waals surface area (Å²) < 4.78 is 13.9. The summed E-state index contributed by atoms with van der Waals surface area (Å²) in [4.78, 5) is 22.1. The highest BCUT2D eigenvalue weighted by molar-refractivity contribution is 6.04. The Labute approximate surface area is 207 Å². The number of aromatic nitrogens is 6. The van der Waals surface area contributed by atoms with Crippen molar-refractivity contribution in [2.24, 2.45) is 0 Å². The third-order valence-electron chi connectivity index (χ3n) is 5.97. The van der Waals surface area contributed by atoms with E-state index in [9.17, 15) is 4.79 Å². The number of rotatable bonds is 6. The fraction of sp³-hybridized carbons (Fsp3) is 0.192. The number of aryl methyl sites for hydroxylation is 3. The molecule has 3 aromatic heterocycles. The quantitative estimate of drug-likeness (QED) is 0.386. The van der Waals surface area contributed by atoms with Crippen molar-refractivity contribution in [2.45, 2.75) is 20.8 Å². The van der Waals surface area contributed by atoms with E-state index < -0.39 is 0 Å². The molecular weight excluding hydrogens is 458 g/mol. The lowest BCUT2D eigenvalue weighted by molar-refractivity contribution is 0.102. The zero-order valence-electron chi connectivity index (χ0n) is 20.6. The Bertz CT molecular complexity index is 1580. The Kier molecular flexibility index (Phi) is 5.85. The normalized spacial score (nSPS) is 11.0. The molecule has 0 atom stereocenters. The molecule has 1 N–H and O–H groups in total. The third-order valence-corrected chi connectivity index (χ3v) is 5.97. The molecule has 0 aliphatic heterocycles. The summed E-state index contributed by atoms with van der Waals surface area (Å²) in [5, 5.41) is 12.8. The Hall–Kier alpha value is -4.73. The van der Waals surface area contributed by atoms with Gasteiger partial charge >= 0.3 is 0 Å². The van der Waals surface area contributed by atoms with Crippen LogP contribution in [0.2, 0.25) is 0 Å². The average molecular weight is 484 g/mol.